The van der Waals surface area contributed by atoms with Crippen molar-refractivity contribution in [3.8, 4) is 11.3 Å². The Hall–Kier alpha value is -3.35. The van der Waals surface area contributed by atoms with E-state index >= 15 is 0 Å². The van der Waals surface area contributed by atoms with Gasteiger partial charge in [0, 0.05) is 43.5 Å². The molecular formula is C30H38FN4O6S-. The molecule has 1 aliphatic heterocycles. The Morgan fingerprint density at radius 3 is 2.48 bits per heavy atom. The van der Waals surface area contributed by atoms with E-state index in [-0.39, 0.29) is 41.5 Å². The van der Waals surface area contributed by atoms with Gasteiger partial charge in [0.1, 0.15) is 17.2 Å². The van der Waals surface area contributed by atoms with Crippen LogP contribution in [0.1, 0.15) is 68.6 Å². The molecule has 4 rings (SSSR count). The first-order valence-electron chi connectivity index (χ1n) is 14.2. The molecule has 10 nitrogen and oxygen atoms in total. The number of hydrogen-bond donors (Lipinski definition) is 1. The molecular weight excluding hydrogens is 563 g/mol. The molecule has 0 saturated carbocycles. The van der Waals surface area contributed by atoms with E-state index < -0.39 is 22.7 Å². The summed E-state index contributed by atoms with van der Waals surface area (Å²) < 4.78 is 50.9. The predicted octanol–water partition coefficient (Wildman–Crippen LogP) is 5.19. The van der Waals surface area contributed by atoms with Gasteiger partial charge in [-0.05, 0) is 88.3 Å². The number of fused-ring (bicyclic) bond motifs is 1. The van der Waals surface area contributed by atoms with Gasteiger partial charge in [-0.1, -0.05) is 6.92 Å². The van der Waals surface area contributed by atoms with Crippen molar-refractivity contribution in [3.05, 3.63) is 53.0 Å². The van der Waals surface area contributed by atoms with Gasteiger partial charge in [0.25, 0.3) is 5.91 Å². The lowest BCUT2D eigenvalue weighted by Gasteiger charge is -2.34. The van der Waals surface area contributed by atoms with Gasteiger partial charge in [0.2, 0.25) is 5.71 Å². The number of pyridine rings is 1. The first-order chi connectivity index (χ1) is 19.9. The van der Waals surface area contributed by atoms with Crippen molar-refractivity contribution < 1.29 is 31.9 Å². The standard InChI is InChI=1S/C30H39FN4O6S/c1-6-20-17-23-25(27(36)32-5)26(21-7-9-22(31)10-8-21)40-28(23)33-24(20)18-35(42(38)39)16-13-19-11-14-34(15-12-19)29(37)41-30(2,3)4/h7-10,17,19H,6,11-16,18H2,1-5H3,(H,32,36)(H,38,39)/p-1. The number of amides is 2. The molecule has 0 spiro atoms. The van der Waals surface area contributed by atoms with Crippen molar-refractivity contribution in [2.75, 3.05) is 26.7 Å². The minimum atomic E-state index is -2.49. The number of rotatable bonds is 9. The van der Waals surface area contributed by atoms with Gasteiger partial charge in [0.15, 0.2) is 0 Å². The van der Waals surface area contributed by atoms with Crippen LogP contribution in [0, 0.1) is 11.7 Å². The average molecular weight is 602 g/mol. The van der Waals surface area contributed by atoms with E-state index in [1.807, 2.05) is 33.8 Å². The number of likely N-dealkylation sites (tertiary alicyclic amines) is 1. The highest BCUT2D eigenvalue weighted by Gasteiger charge is 2.28. The Morgan fingerprint density at radius 2 is 1.90 bits per heavy atom. The minimum absolute atomic E-state index is 0.0495. The molecule has 0 aliphatic carbocycles. The fourth-order valence-corrected chi connectivity index (χ4v) is 5.61. The number of carbonyl (C=O) groups is 2. The third-order valence-corrected chi connectivity index (χ3v) is 8.12. The van der Waals surface area contributed by atoms with Gasteiger partial charge in [-0.15, -0.1) is 0 Å². The second-order valence-electron chi connectivity index (χ2n) is 11.5. The molecule has 3 aromatic rings. The van der Waals surface area contributed by atoms with Crippen molar-refractivity contribution in [2.24, 2.45) is 5.92 Å². The number of furan rings is 1. The Balaban J connectivity index is 1.51. The van der Waals surface area contributed by atoms with Crippen molar-refractivity contribution in [2.45, 2.75) is 65.5 Å². The zero-order valence-electron chi connectivity index (χ0n) is 24.7. The van der Waals surface area contributed by atoms with Crippen LogP contribution in [0.5, 0.6) is 0 Å². The fraction of sp³-hybridized carbons (Fsp3) is 0.500. The number of halogens is 1. The van der Waals surface area contributed by atoms with Crippen LogP contribution in [0.3, 0.4) is 0 Å². The zero-order valence-corrected chi connectivity index (χ0v) is 25.5. The molecule has 1 aromatic carbocycles. The first kappa shape index (κ1) is 31.6. The summed E-state index contributed by atoms with van der Waals surface area (Å²) in [6.07, 6.45) is 2.42. The monoisotopic (exact) mass is 601 g/mol. The molecule has 1 atom stereocenters. The summed E-state index contributed by atoms with van der Waals surface area (Å²) in [4.78, 5) is 31.6. The van der Waals surface area contributed by atoms with E-state index in [1.54, 1.807) is 4.90 Å². The number of ether oxygens (including phenoxy) is 1. The minimum Gasteiger partial charge on any atom is -0.760 e. The van der Waals surface area contributed by atoms with Crippen LogP contribution in [0.25, 0.3) is 22.4 Å². The van der Waals surface area contributed by atoms with Crippen molar-refractivity contribution >= 4 is 34.4 Å². The Bertz CT molecular complexity index is 1440. The van der Waals surface area contributed by atoms with Gasteiger partial charge >= 0.3 is 6.09 Å². The van der Waals surface area contributed by atoms with Crippen LogP contribution in [0.15, 0.2) is 34.7 Å². The second kappa shape index (κ2) is 13.3. The molecule has 228 valence electrons. The van der Waals surface area contributed by atoms with E-state index in [9.17, 15) is 22.7 Å². The van der Waals surface area contributed by atoms with Crippen LogP contribution in [0.2, 0.25) is 0 Å². The lowest BCUT2D eigenvalue weighted by molar-refractivity contribution is 0.0179. The molecule has 1 aliphatic rings. The average Bonchev–Trinajstić information content (AvgIpc) is 3.32. The Labute approximate surface area is 248 Å². The number of nitrogens with zero attached hydrogens (tertiary/aromatic N) is 3. The highest BCUT2D eigenvalue weighted by atomic mass is 32.2. The van der Waals surface area contributed by atoms with E-state index in [0.29, 0.717) is 49.1 Å². The quantitative estimate of drug-likeness (QED) is 0.334. The number of aromatic nitrogens is 1. The smallest absolute Gasteiger partial charge is 0.410 e. The molecule has 0 bridgehead atoms. The highest BCUT2D eigenvalue weighted by molar-refractivity contribution is 7.76. The first-order valence-corrected chi connectivity index (χ1v) is 15.2. The third kappa shape index (κ3) is 7.53. The summed E-state index contributed by atoms with van der Waals surface area (Å²) >= 11 is -2.49. The van der Waals surface area contributed by atoms with Gasteiger partial charge < -0.3 is 23.9 Å². The SMILES string of the molecule is CCc1cc2c(C(=O)NC)c(-c3ccc(F)cc3)oc2nc1CN(CCC1CCN(C(=O)OC(C)(C)C)CC1)S(=O)[O-]. The predicted molar refractivity (Wildman–Crippen MR) is 157 cm³/mol. The maximum Gasteiger partial charge on any atom is 0.410 e. The van der Waals surface area contributed by atoms with Crippen molar-refractivity contribution in [1.29, 1.82) is 0 Å². The number of piperidine rings is 1. The lowest BCUT2D eigenvalue weighted by Crippen LogP contribution is -2.42. The Morgan fingerprint density at radius 1 is 1.24 bits per heavy atom. The number of hydrogen-bond acceptors (Lipinski definition) is 7. The van der Waals surface area contributed by atoms with E-state index in [4.69, 9.17) is 9.15 Å². The topological polar surface area (TPSA) is 128 Å². The summed E-state index contributed by atoms with van der Waals surface area (Å²) in [6.45, 7) is 8.94. The highest BCUT2D eigenvalue weighted by Crippen LogP contribution is 2.34. The molecule has 1 saturated heterocycles. The molecule has 1 fully saturated rings. The van der Waals surface area contributed by atoms with Gasteiger partial charge in [0.05, 0.1) is 23.2 Å². The van der Waals surface area contributed by atoms with Gasteiger partial charge in [-0.3, -0.25) is 9.00 Å². The summed E-state index contributed by atoms with van der Waals surface area (Å²) in [5, 5.41) is 3.13. The van der Waals surface area contributed by atoms with Gasteiger partial charge in [-0.25, -0.2) is 18.5 Å². The molecule has 12 heteroatoms. The van der Waals surface area contributed by atoms with E-state index in [2.05, 4.69) is 10.3 Å². The third-order valence-electron chi connectivity index (χ3n) is 7.38. The number of nitrogens with one attached hydrogen (secondary N) is 1. The molecule has 2 amide bonds. The van der Waals surface area contributed by atoms with Crippen LogP contribution in [-0.2, 0) is 29.0 Å². The molecule has 2 aromatic heterocycles. The summed E-state index contributed by atoms with van der Waals surface area (Å²) in [5.74, 6) is -0.249. The molecule has 1 N–H and O–H groups in total. The lowest BCUT2D eigenvalue weighted by atomic mass is 9.94. The fourth-order valence-electron chi connectivity index (χ4n) is 5.13. The van der Waals surface area contributed by atoms with Crippen molar-refractivity contribution in [1.82, 2.24) is 19.5 Å². The number of benzene rings is 1. The Kier molecular flexibility index (Phi) is 10.0. The van der Waals surface area contributed by atoms with Crippen LogP contribution >= 0.6 is 0 Å². The van der Waals surface area contributed by atoms with Crippen LogP contribution < -0.4 is 5.32 Å². The van der Waals surface area contributed by atoms with Crippen molar-refractivity contribution in [3.63, 3.8) is 0 Å². The molecule has 0 radical (unpaired) electrons. The van der Waals surface area contributed by atoms with E-state index in [0.717, 1.165) is 18.4 Å². The summed E-state index contributed by atoms with van der Waals surface area (Å²) in [5.41, 5.74) is 1.79. The molecule has 42 heavy (non-hydrogen) atoms. The maximum absolute atomic E-state index is 13.6. The molecule has 3 heterocycles. The van der Waals surface area contributed by atoms with Crippen LogP contribution in [0.4, 0.5) is 9.18 Å². The maximum atomic E-state index is 13.6. The summed E-state index contributed by atoms with van der Waals surface area (Å²) in [7, 11) is 1.51. The summed E-state index contributed by atoms with van der Waals surface area (Å²) in [6, 6.07) is 7.45. The number of carbonyl (C=O) groups excluding carboxylic acids is 2. The molecule has 1 unspecified atom stereocenters. The largest absolute Gasteiger partial charge is 0.760 e. The second-order valence-corrected chi connectivity index (χ2v) is 12.4. The zero-order chi connectivity index (χ0) is 30.6. The van der Waals surface area contributed by atoms with Crippen LogP contribution in [-0.4, -0.2) is 67.2 Å². The van der Waals surface area contributed by atoms with Gasteiger partial charge in [-0.2, -0.15) is 0 Å². The van der Waals surface area contributed by atoms with E-state index in [1.165, 1.54) is 35.6 Å². The normalized spacial score (nSPS) is 15.3. The number of aryl methyl sites for hydroxylation is 1.